The standard InChI is InChI=1S/C19H29F3N4O.HI/c1-3-23-18(24-9-10-26(11-12-27-2)17-7-8-17)25-14-15-5-4-6-16(13-15)19(20,21)22;/h4-6,13,17H,3,7-12,14H2,1-2H3,(H2,23,24,25);1H. The molecule has 28 heavy (non-hydrogen) atoms. The van der Waals surface area contributed by atoms with Gasteiger partial charge in [-0.1, -0.05) is 12.1 Å². The maximum Gasteiger partial charge on any atom is 0.416 e. The minimum absolute atomic E-state index is 0. The Morgan fingerprint density at radius 1 is 1.25 bits per heavy atom. The third-order valence-electron chi connectivity index (χ3n) is 4.36. The van der Waals surface area contributed by atoms with E-state index < -0.39 is 11.7 Å². The lowest BCUT2D eigenvalue weighted by atomic mass is 10.1. The first-order valence-corrected chi connectivity index (χ1v) is 9.35. The van der Waals surface area contributed by atoms with Crippen LogP contribution in [0, 0.1) is 0 Å². The van der Waals surface area contributed by atoms with Crippen LogP contribution < -0.4 is 10.6 Å². The molecule has 5 nitrogen and oxygen atoms in total. The Kier molecular flexibility index (Phi) is 11.1. The van der Waals surface area contributed by atoms with Gasteiger partial charge in [-0.25, -0.2) is 4.99 Å². The van der Waals surface area contributed by atoms with Crippen molar-refractivity contribution in [2.75, 3.05) is 39.9 Å². The van der Waals surface area contributed by atoms with Gasteiger partial charge < -0.3 is 15.4 Å². The van der Waals surface area contributed by atoms with Gasteiger partial charge in [0.15, 0.2) is 5.96 Å². The second-order valence-electron chi connectivity index (χ2n) is 6.58. The minimum Gasteiger partial charge on any atom is -0.383 e. The summed E-state index contributed by atoms with van der Waals surface area (Å²) in [5, 5.41) is 6.39. The number of ether oxygens (including phenoxy) is 1. The molecule has 1 aliphatic rings. The van der Waals surface area contributed by atoms with Gasteiger partial charge in [0.05, 0.1) is 18.7 Å². The third-order valence-corrected chi connectivity index (χ3v) is 4.36. The zero-order valence-corrected chi connectivity index (χ0v) is 18.7. The van der Waals surface area contributed by atoms with Crippen molar-refractivity contribution in [2.24, 2.45) is 4.99 Å². The second kappa shape index (κ2) is 12.5. The molecule has 0 atom stereocenters. The summed E-state index contributed by atoms with van der Waals surface area (Å²) >= 11 is 0. The molecule has 0 radical (unpaired) electrons. The first kappa shape index (κ1) is 25.0. The molecule has 0 aliphatic heterocycles. The largest absolute Gasteiger partial charge is 0.416 e. The van der Waals surface area contributed by atoms with E-state index in [1.54, 1.807) is 13.2 Å². The molecule has 1 fully saturated rings. The monoisotopic (exact) mass is 514 g/mol. The number of hydrogen-bond donors (Lipinski definition) is 2. The summed E-state index contributed by atoms with van der Waals surface area (Å²) in [6, 6.07) is 5.93. The van der Waals surface area contributed by atoms with E-state index in [4.69, 9.17) is 4.74 Å². The average Bonchev–Trinajstić information content (AvgIpc) is 3.47. The molecule has 0 aromatic heterocycles. The number of nitrogens with zero attached hydrogens (tertiary/aromatic N) is 2. The van der Waals surface area contributed by atoms with Crippen molar-refractivity contribution in [3.63, 3.8) is 0 Å². The van der Waals surface area contributed by atoms with Crippen molar-refractivity contribution in [3.05, 3.63) is 35.4 Å². The number of alkyl halides is 3. The Hall–Kier alpha value is -1.07. The van der Waals surface area contributed by atoms with E-state index in [0.29, 0.717) is 37.3 Å². The lowest BCUT2D eigenvalue weighted by Crippen LogP contribution is -2.42. The molecule has 2 N–H and O–H groups in total. The number of guanidine groups is 1. The van der Waals surface area contributed by atoms with E-state index >= 15 is 0 Å². The van der Waals surface area contributed by atoms with Crippen LogP contribution in [0.5, 0.6) is 0 Å². The Bertz CT molecular complexity index is 609. The molecule has 0 amide bonds. The number of benzene rings is 1. The van der Waals surface area contributed by atoms with Crippen LogP contribution in [0.2, 0.25) is 0 Å². The van der Waals surface area contributed by atoms with E-state index in [0.717, 1.165) is 25.2 Å². The number of nitrogens with one attached hydrogen (secondary N) is 2. The maximum atomic E-state index is 12.8. The molecule has 2 rings (SSSR count). The highest BCUT2D eigenvalue weighted by Gasteiger charge is 2.30. The van der Waals surface area contributed by atoms with Gasteiger partial charge in [0.2, 0.25) is 0 Å². The fourth-order valence-electron chi connectivity index (χ4n) is 2.80. The predicted octanol–water partition coefficient (Wildman–Crippen LogP) is 3.49. The van der Waals surface area contributed by atoms with Gasteiger partial charge in [0.25, 0.3) is 0 Å². The SMILES string of the molecule is CCNC(=NCc1cccc(C(F)(F)F)c1)NCCN(CCOC)C1CC1.I. The van der Waals surface area contributed by atoms with E-state index in [9.17, 15) is 13.2 Å². The molecule has 0 unspecified atom stereocenters. The van der Waals surface area contributed by atoms with Crippen molar-refractivity contribution in [1.82, 2.24) is 15.5 Å². The molecule has 0 heterocycles. The molecule has 0 spiro atoms. The summed E-state index contributed by atoms with van der Waals surface area (Å²) < 4.78 is 43.6. The molecule has 0 bridgehead atoms. The topological polar surface area (TPSA) is 48.9 Å². The molecule has 0 saturated heterocycles. The van der Waals surface area contributed by atoms with E-state index in [1.807, 2.05) is 6.92 Å². The maximum absolute atomic E-state index is 12.8. The van der Waals surface area contributed by atoms with Crippen molar-refractivity contribution < 1.29 is 17.9 Å². The van der Waals surface area contributed by atoms with Gasteiger partial charge in [-0.3, -0.25) is 4.90 Å². The summed E-state index contributed by atoms with van der Waals surface area (Å²) in [4.78, 5) is 6.81. The van der Waals surface area contributed by atoms with Crippen molar-refractivity contribution in [2.45, 2.75) is 38.5 Å². The lowest BCUT2D eigenvalue weighted by molar-refractivity contribution is -0.137. The molecule has 1 aliphatic carbocycles. The van der Waals surface area contributed by atoms with Crippen LogP contribution in [-0.4, -0.2) is 56.8 Å². The molecule has 1 aromatic carbocycles. The first-order valence-electron chi connectivity index (χ1n) is 9.35. The van der Waals surface area contributed by atoms with E-state index in [1.165, 1.54) is 18.9 Å². The number of halogens is 4. The normalized spacial score (nSPS) is 14.7. The zero-order chi connectivity index (χ0) is 19.7. The fourth-order valence-corrected chi connectivity index (χ4v) is 2.80. The summed E-state index contributed by atoms with van der Waals surface area (Å²) in [7, 11) is 1.70. The van der Waals surface area contributed by atoms with E-state index in [-0.39, 0.29) is 30.5 Å². The number of methoxy groups -OCH3 is 1. The van der Waals surface area contributed by atoms with Crippen LogP contribution in [0.1, 0.15) is 30.9 Å². The molecular weight excluding hydrogens is 484 g/mol. The van der Waals surface area contributed by atoms with Gasteiger partial charge in [-0.2, -0.15) is 13.2 Å². The summed E-state index contributed by atoms with van der Waals surface area (Å²) in [5.74, 6) is 0.609. The van der Waals surface area contributed by atoms with Crippen LogP contribution in [0.25, 0.3) is 0 Å². The minimum atomic E-state index is -4.34. The van der Waals surface area contributed by atoms with Crippen LogP contribution >= 0.6 is 24.0 Å². The van der Waals surface area contributed by atoms with Gasteiger partial charge in [0.1, 0.15) is 0 Å². The van der Waals surface area contributed by atoms with Crippen LogP contribution in [0.15, 0.2) is 29.3 Å². The Balaban J connectivity index is 0.00000392. The van der Waals surface area contributed by atoms with Gasteiger partial charge in [-0.15, -0.1) is 24.0 Å². The zero-order valence-electron chi connectivity index (χ0n) is 16.4. The van der Waals surface area contributed by atoms with Gasteiger partial charge in [-0.05, 0) is 37.5 Å². The summed E-state index contributed by atoms with van der Waals surface area (Å²) in [5.41, 5.74) is -0.117. The second-order valence-corrected chi connectivity index (χ2v) is 6.58. The van der Waals surface area contributed by atoms with Gasteiger partial charge >= 0.3 is 6.18 Å². The van der Waals surface area contributed by atoms with Gasteiger partial charge in [0, 0.05) is 39.3 Å². The Morgan fingerprint density at radius 2 is 2.00 bits per heavy atom. The smallest absolute Gasteiger partial charge is 0.383 e. The molecule has 160 valence electrons. The number of rotatable bonds is 10. The lowest BCUT2D eigenvalue weighted by Gasteiger charge is -2.22. The van der Waals surface area contributed by atoms with E-state index in [2.05, 4.69) is 20.5 Å². The Labute approximate surface area is 182 Å². The highest BCUT2D eigenvalue weighted by Crippen LogP contribution is 2.29. The summed E-state index contributed by atoms with van der Waals surface area (Å²) in [6.45, 7) is 6.04. The fraction of sp³-hybridized carbons (Fsp3) is 0.632. The quantitative estimate of drug-likeness (QED) is 0.285. The molecular formula is C19H30F3IN4O. The average molecular weight is 514 g/mol. The molecule has 9 heteroatoms. The van der Waals surface area contributed by atoms with Crippen LogP contribution in [-0.2, 0) is 17.5 Å². The third kappa shape index (κ3) is 8.95. The predicted molar refractivity (Wildman–Crippen MR) is 116 cm³/mol. The van der Waals surface area contributed by atoms with Crippen molar-refractivity contribution in [3.8, 4) is 0 Å². The molecule has 1 aromatic rings. The summed E-state index contributed by atoms with van der Waals surface area (Å²) in [6.07, 6.45) is -1.88. The first-order chi connectivity index (χ1) is 12.9. The van der Waals surface area contributed by atoms with Crippen molar-refractivity contribution >= 4 is 29.9 Å². The van der Waals surface area contributed by atoms with Crippen LogP contribution in [0.4, 0.5) is 13.2 Å². The van der Waals surface area contributed by atoms with Crippen LogP contribution in [0.3, 0.4) is 0 Å². The molecule has 1 saturated carbocycles. The number of aliphatic imine (C=N–C) groups is 1. The Morgan fingerprint density at radius 3 is 2.61 bits per heavy atom. The highest BCUT2D eigenvalue weighted by molar-refractivity contribution is 14.0. The van der Waals surface area contributed by atoms with Crippen molar-refractivity contribution in [1.29, 1.82) is 0 Å². The number of hydrogen-bond acceptors (Lipinski definition) is 3. The highest BCUT2D eigenvalue weighted by atomic mass is 127.